The van der Waals surface area contributed by atoms with E-state index in [1.54, 1.807) is 14.1 Å². The van der Waals surface area contributed by atoms with Gasteiger partial charge in [-0.3, -0.25) is 9.98 Å². The summed E-state index contributed by atoms with van der Waals surface area (Å²) in [5, 5.41) is 1.46. The number of unbranched alkanes of at least 4 members (excludes halogenated alkanes) is 10. The molecule has 3 nitrogen and oxygen atoms in total. The van der Waals surface area contributed by atoms with Crippen LogP contribution in [0.25, 0.3) is 0 Å². The van der Waals surface area contributed by atoms with Gasteiger partial charge in [0.1, 0.15) is 0 Å². The first kappa shape index (κ1) is 52.8. The minimum Gasteiger partial charge on any atom is -0.358 e. The van der Waals surface area contributed by atoms with E-state index in [0.717, 1.165) is 22.8 Å². The van der Waals surface area contributed by atoms with Crippen LogP contribution >= 0.6 is 0 Å². The minimum absolute atomic E-state index is 0. The number of aliphatic imine (C=N–C) groups is 2. The van der Waals surface area contributed by atoms with E-state index in [-0.39, 0.29) is 39.1 Å². The Morgan fingerprint density at radius 3 is 1.38 bits per heavy atom. The number of allylic oxidation sites excluding steroid dienone is 1. The molecule has 0 aliphatic carbocycles. The topological polar surface area (TPSA) is 37.6 Å². The number of pyridine rings is 1. The Labute approximate surface area is 278 Å². The fourth-order valence-corrected chi connectivity index (χ4v) is 3.73. The van der Waals surface area contributed by atoms with Gasteiger partial charge in [0, 0.05) is 24.3 Å². The number of rotatable bonds is 13. The fraction of sp³-hybridized carbons (Fsp3) is 0.541. The molecule has 42 heavy (non-hydrogen) atoms. The van der Waals surface area contributed by atoms with Crippen LogP contribution in [-0.4, -0.2) is 40.7 Å². The van der Waals surface area contributed by atoms with Crippen molar-refractivity contribution in [3.63, 3.8) is 0 Å². The Morgan fingerprint density at radius 1 is 0.690 bits per heavy atom. The monoisotopic (exact) mass is 642 g/mol. The standard InChI is InChI=1S/C11H15N3.C9H20.C8H16.C6H8Si.CH4.2CH3.Co/c1-8(12-3)10-6-5-7-11(14-10)9(2)13-4;1-3-5-7-9-8-6-4-2;1-3-5-7-8-6-4-2;7-6-4-2-1-3-5-6;;;;/h5-7H,1-4H3;3-9H2,1-2H3;3H,1,4-8H2,2H3;1-5H,7H3;1H4;2*1H3;/q;;;;;2*-1;+2. The van der Waals surface area contributed by atoms with Crippen molar-refractivity contribution in [2.24, 2.45) is 9.98 Å². The van der Waals surface area contributed by atoms with Gasteiger partial charge < -0.3 is 14.9 Å². The van der Waals surface area contributed by atoms with E-state index in [2.05, 4.69) is 66.6 Å². The molecule has 0 bridgehead atoms. The predicted molar refractivity (Wildman–Crippen MR) is 199 cm³/mol. The van der Waals surface area contributed by atoms with Gasteiger partial charge in [0.15, 0.2) is 0 Å². The maximum Gasteiger partial charge on any atom is 2.00 e. The summed E-state index contributed by atoms with van der Waals surface area (Å²) in [6, 6.07) is 16.4. The van der Waals surface area contributed by atoms with Crippen LogP contribution in [0.3, 0.4) is 0 Å². The molecule has 0 amide bonds. The van der Waals surface area contributed by atoms with Gasteiger partial charge in [-0.2, -0.15) is 0 Å². The molecule has 1 radical (unpaired) electrons. The third-order valence-corrected chi connectivity index (χ3v) is 6.74. The van der Waals surface area contributed by atoms with Crippen molar-refractivity contribution < 1.29 is 16.8 Å². The van der Waals surface area contributed by atoms with E-state index in [0.29, 0.717) is 0 Å². The number of benzene rings is 1. The van der Waals surface area contributed by atoms with E-state index < -0.39 is 0 Å². The number of hydrogen-bond acceptors (Lipinski definition) is 3. The molecule has 0 saturated carbocycles. The summed E-state index contributed by atoms with van der Waals surface area (Å²) >= 11 is 0. The van der Waals surface area contributed by atoms with E-state index >= 15 is 0 Å². The van der Waals surface area contributed by atoms with Crippen LogP contribution in [0.2, 0.25) is 0 Å². The molecule has 0 unspecified atom stereocenters. The molecule has 2 aromatic rings. The predicted octanol–water partition coefficient (Wildman–Crippen LogP) is 10.1. The SMILES string of the molecule is C.C=CCCCCCC.CCCCCCCCC.CN=C(C)c1cccc(C(C)=NC)n1.[CH3-].[CH3-].[Co+2].[SiH3]c1ccccc1. The van der Waals surface area contributed by atoms with Crippen molar-refractivity contribution in [2.75, 3.05) is 14.1 Å². The smallest absolute Gasteiger partial charge is 0.358 e. The summed E-state index contributed by atoms with van der Waals surface area (Å²) < 4.78 is 0. The van der Waals surface area contributed by atoms with E-state index in [4.69, 9.17) is 0 Å². The first-order chi connectivity index (χ1) is 18.4. The first-order valence-electron chi connectivity index (χ1n) is 14.9. The van der Waals surface area contributed by atoms with Gasteiger partial charge in [0.05, 0.1) is 22.8 Å². The van der Waals surface area contributed by atoms with Crippen LogP contribution in [0.4, 0.5) is 0 Å². The van der Waals surface area contributed by atoms with Gasteiger partial charge in [-0.25, -0.2) is 4.98 Å². The fourth-order valence-electron chi connectivity index (χ4n) is 3.35. The molecule has 0 N–H and O–H groups in total. The molecule has 0 fully saturated rings. The van der Waals surface area contributed by atoms with E-state index in [1.165, 1.54) is 92.5 Å². The van der Waals surface area contributed by atoms with Crippen LogP contribution in [0.1, 0.15) is 130 Å². The van der Waals surface area contributed by atoms with Crippen molar-refractivity contribution in [1.82, 2.24) is 4.98 Å². The van der Waals surface area contributed by atoms with Crippen molar-refractivity contribution in [1.29, 1.82) is 0 Å². The maximum absolute atomic E-state index is 4.45. The zero-order chi connectivity index (χ0) is 28.9. The number of aromatic nitrogens is 1. The largest absolute Gasteiger partial charge is 2.00 e. The molecule has 0 saturated heterocycles. The summed E-state index contributed by atoms with van der Waals surface area (Å²) in [5.74, 6) is 0. The van der Waals surface area contributed by atoms with Gasteiger partial charge in [0.25, 0.3) is 0 Å². The third-order valence-electron chi connectivity index (χ3n) is 6.07. The second kappa shape index (κ2) is 41.3. The summed E-state index contributed by atoms with van der Waals surface area (Å²) in [7, 11) is 4.71. The Bertz CT molecular complexity index is 812. The molecule has 1 heterocycles. The van der Waals surface area contributed by atoms with E-state index in [9.17, 15) is 0 Å². The Morgan fingerprint density at radius 2 is 1.07 bits per heavy atom. The summed E-state index contributed by atoms with van der Waals surface area (Å²) in [4.78, 5) is 12.7. The second-order valence-corrected chi connectivity index (χ2v) is 10.7. The number of hydrogen-bond donors (Lipinski definition) is 0. The van der Waals surface area contributed by atoms with Crippen molar-refractivity contribution >= 4 is 26.9 Å². The normalized spacial score (nSPS) is 9.79. The van der Waals surface area contributed by atoms with Crippen LogP contribution in [0.15, 0.2) is 71.2 Å². The molecule has 0 aliphatic rings. The van der Waals surface area contributed by atoms with Crippen molar-refractivity contribution in [2.45, 2.75) is 119 Å². The van der Waals surface area contributed by atoms with Crippen LogP contribution in [0, 0.1) is 14.9 Å². The average molecular weight is 643 g/mol. The van der Waals surface area contributed by atoms with Crippen molar-refractivity contribution in [3.8, 4) is 0 Å². The summed E-state index contributed by atoms with van der Waals surface area (Å²) in [5.41, 5.74) is 3.70. The summed E-state index contributed by atoms with van der Waals surface area (Å²) in [6.45, 7) is 14.3. The molecule has 5 heteroatoms. The molecular weight excluding hydrogens is 573 g/mol. The molecule has 0 spiro atoms. The summed E-state index contributed by atoms with van der Waals surface area (Å²) in [6.07, 6.45) is 18.6. The average Bonchev–Trinajstić information content (AvgIpc) is 2.96. The Balaban J connectivity index is -0.000000103. The Kier molecular flexibility index (Phi) is 51.9. The quantitative estimate of drug-likeness (QED) is 0.0704. The van der Waals surface area contributed by atoms with Gasteiger partial charge in [0.2, 0.25) is 0 Å². The Hall–Kier alpha value is -1.83. The van der Waals surface area contributed by atoms with Gasteiger partial charge in [-0.15, -0.1) is 6.58 Å². The second-order valence-electron chi connectivity index (χ2n) is 9.59. The molecule has 0 aliphatic heterocycles. The van der Waals surface area contributed by atoms with Crippen molar-refractivity contribution in [3.05, 3.63) is 87.4 Å². The minimum atomic E-state index is 0. The van der Waals surface area contributed by atoms with Crippen LogP contribution in [0.5, 0.6) is 0 Å². The zero-order valence-corrected chi connectivity index (χ0v) is 31.6. The first-order valence-corrected chi connectivity index (χ1v) is 15.9. The van der Waals surface area contributed by atoms with E-state index in [1.807, 2.05) is 44.2 Å². The molecule has 0 atom stereocenters. The van der Waals surface area contributed by atoms with Gasteiger partial charge in [-0.1, -0.05) is 140 Å². The maximum atomic E-state index is 4.45. The molecule has 245 valence electrons. The molecular formula is C37H69CoN3Si. The van der Waals surface area contributed by atoms with Crippen LogP contribution in [-0.2, 0) is 16.8 Å². The zero-order valence-electron chi connectivity index (χ0n) is 28.6. The van der Waals surface area contributed by atoms with Crippen LogP contribution < -0.4 is 5.19 Å². The van der Waals surface area contributed by atoms with Gasteiger partial charge in [-0.05, 0) is 38.8 Å². The van der Waals surface area contributed by atoms with Gasteiger partial charge >= 0.3 is 16.8 Å². The molecule has 1 aromatic heterocycles. The number of nitrogens with zero attached hydrogens (tertiary/aromatic N) is 3. The molecule has 2 rings (SSSR count). The molecule has 1 aromatic carbocycles. The third kappa shape index (κ3) is 34.4.